The Morgan fingerprint density at radius 1 is 0.854 bits per heavy atom. The number of hydrogen-bond donors (Lipinski definition) is 1. The Labute approximate surface area is 247 Å². The predicted octanol–water partition coefficient (Wildman–Crippen LogP) is 7.82. The highest BCUT2D eigenvalue weighted by Gasteiger charge is 2.29. The van der Waals surface area contributed by atoms with Gasteiger partial charge in [0.1, 0.15) is 0 Å². The second kappa shape index (κ2) is 15.5. The van der Waals surface area contributed by atoms with E-state index in [0.717, 1.165) is 55.7 Å². The molecule has 5 nitrogen and oxygen atoms in total. The molecular weight excluding hydrogens is 506 g/mol. The van der Waals surface area contributed by atoms with Crippen LogP contribution in [0, 0.1) is 5.92 Å². The summed E-state index contributed by atoms with van der Waals surface area (Å²) < 4.78 is 0. The first-order chi connectivity index (χ1) is 19.9. The van der Waals surface area contributed by atoms with E-state index in [2.05, 4.69) is 48.0 Å². The number of amides is 2. The Balaban J connectivity index is 1.45. The number of carbonyl (C=O) groups is 2. The largest absolute Gasteiger partial charge is 0.331 e. The van der Waals surface area contributed by atoms with Gasteiger partial charge in [-0.25, -0.2) is 0 Å². The van der Waals surface area contributed by atoms with E-state index in [0.29, 0.717) is 18.0 Å². The van der Waals surface area contributed by atoms with Crippen molar-refractivity contribution >= 4 is 17.5 Å². The van der Waals surface area contributed by atoms with E-state index in [1.807, 2.05) is 54.6 Å². The van der Waals surface area contributed by atoms with E-state index in [4.69, 9.17) is 0 Å². The van der Waals surface area contributed by atoms with Gasteiger partial charge in [0.25, 0.3) is 11.8 Å². The van der Waals surface area contributed by atoms with Crippen molar-refractivity contribution in [2.45, 2.75) is 78.3 Å². The van der Waals surface area contributed by atoms with Crippen LogP contribution in [0.25, 0.3) is 0 Å². The summed E-state index contributed by atoms with van der Waals surface area (Å²) in [6.45, 7) is 10.5. The molecule has 41 heavy (non-hydrogen) atoms. The Kier molecular flexibility index (Phi) is 11.6. The van der Waals surface area contributed by atoms with Crippen molar-refractivity contribution in [3.05, 3.63) is 101 Å². The fraction of sp³-hybridized carbons (Fsp3) is 0.444. The molecule has 1 N–H and O–H groups in total. The smallest absolute Gasteiger partial charge is 0.255 e. The van der Waals surface area contributed by atoms with Crippen LogP contribution in [0.15, 0.2) is 78.9 Å². The van der Waals surface area contributed by atoms with E-state index in [9.17, 15) is 9.59 Å². The minimum atomic E-state index is -0.127. The van der Waals surface area contributed by atoms with Gasteiger partial charge in [0.05, 0.1) is 0 Å². The summed E-state index contributed by atoms with van der Waals surface area (Å²) in [5.74, 6) is 0.681. The first-order valence-electron chi connectivity index (χ1n) is 15.5. The van der Waals surface area contributed by atoms with E-state index in [1.54, 1.807) is 12.1 Å². The lowest BCUT2D eigenvalue weighted by Crippen LogP contribution is -2.47. The highest BCUT2D eigenvalue weighted by atomic mass is 16.2. The van der Waals surface area contributed by atoms with Gasteiger partial charge in [-0.15, -0.1) is 0 Å². The quantitative estimate of drug-likeness (QED) is 0.220. The van der Waals surface area contributed by atoms with Crippen LogP contribution in [0.3, 0.4) is 0 Å². The molecule has 1 aliphatic heterocycles. The van der Waals surface area contributed by atoms with E-state index >= 15 is 0 Å². The number of anilines is 1. The molecule has 0 spiro atoms. The number of unbranched alkanes of at least 4 members (excludes halogenated alkanes) is 2. The molecule has 0 saturated carbocycles. The van der Waals surface area contributed by atoms with Crippen molar-refractivity contribution in [3.63, 3.8) is 0 Å². The van der Waals surface area contributed by atoms with Gasteiger partial charge in [-0.05, 0) is 92.1 Å². The van der Waals surface area contributed by atoms with Gasteiger partial charge < -0.3 is 15.1 Å². The fourth-order valence-electron chi connectivity index (χ4n) is 5.50. The molecule has 0 aromatic heterocycles. The molecule has 0 atom stereocenters. The Hall–Kier alpha value is -3.44. The molecule has 1 heterocycles. The minimum Gasteiger partial charge on any atom is -0.331 e. The number of piperidine rings is 1. The first-order valence-corrected chi connectivity index (χ1v) is 15.5. The van der Waals surface area contributed by atoms with Crippen molar-refractivity contribution in [1.82, 2.24) is 9.80 Å². The number of nitrogens with one attached hydrogen (secondary N) is 1. The van der Waals surface area contributed by atoms with Crippen LogP contribution < -0.4 is 5.32 Å². The minimum absolute atomic E-state index is 0.104. The normalized spacial score (nSPS) is 14.2. The number of hydrogen-bond acceptors (Lipinski definition) is 3. The van der Waals surface area contributed by atoms with Crippen LogP contribution >= 0.6 is 0 Å². The SMILES string of the molecule is CCCCCc1ccc(C(=O)N(Cc2ccc(NC(=O)c3ccccc3)cc2)C2CCN(CCC(C)C)CC2)cc1. The van der Waals surface area contributed by atoms with Gasteiger partial charge in [-0.1, -0.05) is 76.1 Å². The summed E-state index contributed by atoms with van der Waals surface area (Å²) in [5, 5.41) is 2.97. The number of rotatable bonds is 13. The topological polar surface area (TPSA) is 52.7 Å². The van der Waals surface area contributed by atoms with Crippen molar-refractivity contribution in [2.75, 3.05) is 25.0 Å². The number of aryl methyl sites for hydroxylation is 1. The molecule has 0 radical (unpaired) electrons. The van der Waals surface area contributed by atoms with Gasteiger partial charge in [-0.3, -0.25) is 9.59 Å². The molecule has 0 aliphatic carbocycles. The Morgan fingerprint density at radius 3 is 2.15 bits per heavy atom. The van der Waals surface area contributed by atoms with Gasteiger partial charge in [0, 0.05) is 42.5 Å². The summed E-state index contributed by atoms with van der Waals surface area (Å²) in [7, 11) is 0. The van der Waals surface area contributed by atoms with Crippen LogP contribution in [0.2, 0.25) is 0 Å². The molecule has 3 aromatic rings. The Bertz CT molecular complexity index is 1210. The third kappa shape index (κ3) is 9.29. The van der Waals surface area contributed by atoms with Crippen LogP contribution in [-0.2, 0) is 13.0 Å². The van der Waals surface area contributed by atoms with Crippen molar-refractivity contribution < 1.29 is 9.59 Å². The highest BCUT2D eigenvalue weighted by Crippen LogP contribution is 2.24. The average molecular weight is 554 g/mol. The summed E-state index contributed by atoms with van der Waals surface area (Å²) in [5.41, 5.74) is 4.50. The van der Waals surface area contributed by atoms with Crippen molar-refractivity contribution in [1.29, 1.82) is 0 Å². The maximum absolute atomic E-state index is 13.9. The molecular formula is C36H47N3O2. The monoisotopic (exact) mass is 553 g/mol. The molecule has 4 rings (SSSR count). The van der Waals surface area contributed by atoms with Gasteiger partial charge >= 0.3 is 0 Å². The van der Waals surface area contributed by atoms with Crippen LogP contribution in [0.1, 0.15) is 91.1 Å². The summed E-state index contributed by atoms with van der Waals surface area (Å²) >= 11 is 0. The first kappa shape index (κ1) is 30.5. The van der Waals surface area contributed by atoms with Crippen molar-refractivity contribution in [2.24, 2.45) is 5.92 Å². The fourth-order valence-corrected chi connectivity index (χ4v) is 5.50. The summed E-state index contributed by atoms with van der Waals surface area (Å²) in [6.07, 6.45) is 7.89. The molecule has 0 unspecified atom stereocenters. The molecule has 2 amide bonds. The molecule has 0 bridgehead atoms. The summed E-state index contributed by atoms with van der Waals surface area (Å²) in [4.78, 5) is 31.1. The van der Waals surface area contributed by atoms with E-state index < -0.39 is 0 Å². The van der Waals surface area contributed by atoms with Crippen LogP contribution in [-0.4, -0.2) is 47.3 Å². The zero-order valence-electron chi connectivity index (χ0n) is 25.1. The van der Waals surface area contributed by atoms with Gasteiger partial charge in [-0.2, -0.15) is 0 Å². The zero-order valence-corrected chi connectivity index (χ0v) is 25.1. The third-order valence-corrected chi connectivity index (χ3v) is 8.15. The van der Waals surface area contributed by atoms with Crippen LogP contribution in [0.4, 0.5) is 5.69 Å². The van der Waals surface area contributed by atoms with Gasteiger partial charge in [0.15, 0.2) is 0 Å². The molecule has 1 saturated heterocycles. The standard InChI is InChI=1S/C36H47N3O2/c1-4-5-7-10-29-13-17-32(18-14-29)36(41)39(34-22-25-38(26-23-34)24-21-28(2)3)27-30-15-19-33(20-16-30)37-35(40)31-11-8-6-9-12-31/h6,8-9,11-20,28,34H,4-5,7,10,21-27H2,1-3H3,(H,37,40). The Morgan fingerprint density at radius 2 is 1.51 bits per heavy atom. The average Bonchev–Trinajstić information content (AvgIpc) is 3.00. The molecule has 1 fully saturated rings. The van der Waals surface area contributed by atoms with Crippen LogP contribution in [0.5, 0.6) is 0 Å². The van der Waals surface area contributed by atoms with Crippen molar-refractivity contribution in [3.8, 4) is 0 Å². The lowest BCUT2D eigenvalue weighted by molar-refractivity contribution is 0.0546. The maximum Gasteiger partial charge on any atom is 0.255 e. The molecule has 1 aliphatic rings. The second-order valence-corrected chi connectivity index (χ2v) is 11.9. The zero-order chi connectivity index (χ0) is 29.0. The number of likely N-dealkylation sites (tertiary alicyclic amines) is 1. The predicted molar refractivity (Wildman–Crippen MR) is 169 cm³/mol. The third-order valence-electron chi connectivity index (χ3n) is 8.15. The lowest BCUT2D eigenvalue weighted by Gasteiger charge is -2.39. The van der Waals surface area contributed by atoms with E-state index in [-0.39, 0.29) is 17.9 Å². The molecule has 5 heteroatoms. The highest BCUT2D eigenvalue weighted by molar-refractivity contribution is 6.04. The molecule has 3 aromatic carbocycles. The second-order valence-electron chi connectivity index (χ2n) is 11.9. The number of benzene rings is 3. The molecule has 218 valence electrons. The summed E-state index contributed by atoms with van der Waals surface area (Å²) in [6, 6.07) is 25.6. The van der Waals surface area contributed by atoms with Gasteiger partial charge in [0.2, 0.25) is 0 Å². The number of carbonyl (C=O) groups excluding carboxylic acids is 2. The lowest BCUT2D eigenvalue weighted by atomic mass is 9.99. The van der Waals surface area contributed by atoms with E-state index in [1.165, 1.54) is 31.2 Å². The maximum atomic E-state index is 13.9. The number of nitrogens with zero attached hydrogens (tertiary/aromatic N) is 2.